The Kier molecular flexibility index (Phi) is 9.14. The van der Waals surface area contributed by atoms with Gasteiger partial charge in [-0.1, -0.05) is 42.5 Å². The number of fused-ring (bicyclic) bond motifs is 2. The fraction of sp³-hybridized carbons (Fsp3) is 0.238. The van der Waals surface area contributed by atoms with Crippen molar-refractivity contribution in [3.05, 3.63) is 142 Å². The first kappa shape index (κ1) is 34.3. The first-order valence-electron chi connectivity index (χ1n) is 17.3. The molecule has 0 radical (unpaired) electrons. The second-order valence-corrected chi connectivity index (χ2v) is 13.6. The highest BCUT2D eigenvalue weighted by Crippen LogP contribution is 2.36. The number of carbonyl (C=O) groups excluding carboxylic acids is 3. The molecule has 4 aromatic carbocycles. The number of hydrogen-bond acceptors (Lipinski definition) is 5. The van der Waals surface area contributed by atoms with Crippen molar-refractivity contribution < 1.29 is 29.0 Å². The maximum Gasteiger partial charge on any atom is 0.415 e. The van der Waals surface area contributed by atoms with Crippen LogP contribution in [-0.4, -0.2) is 63.0 Å². The van der Waals surface area contributed by atoms with Crippen LogP contribution in [0.4, 0.5) is 10.5 Å². The molecule has 0 saturated carbocycles. The number of aromatic nitrogens is 1. The fourth-order valence-electron chi connectivity index (χ4n) is 7.21. The summed E-state index contributed by atoms with van der Waals surface area (Å²) in [6.07, 6.45) is 0.711. The van der Waals surface area contributed by atoms with Crippen LogP contribution in [0, 0.1) is 6.92 Å². The largest absolute Gasteiger partial charge is 0.478 e. The SMILES string of the molecule is Cc1c(C(=O)N(C)c2ccccc2)cc(-c2cc3c(cc2C(=O)N2Cc4ccccc4C[C@H]2C)CN(C(=O)Oc2ccc(C(=O)O)cc2)CC3)n1C. The average Bonchev–Trinajstić information content (AvgIpc) is 3.46. The van der Waals surface area contributed by atoms with E-state index in [0.29, 0.717) is 30.6 Å². The number of rotatable bonds is 6. The summed E-state index contributed by atoms with van der Waals surface area (Å²) >= 11 is 0. The van der Waals surface area contributed by atoms with Crippen LogP contribution in [-0.2, 0) is 33.0 Å². The molecule has 1 aromatic heterocycles. The zero-order valence-electron chi connectivity index (χ0n) is 29.6. The van der Waals surface area contributed by atoms with Gasteiger partial charge in [-0.15, -0.1) is 0 Å². The quantitative estimate of drug-likeness (QED) is 0.202. The van der Waals surface area contributed by atoms with Crippen LogP contribution >= 0.6 is 0 Å². The van der Waals surface area contributed by atoms with Gasteiger partial charge < -0.3 is 29.1 Å². The van der Waals surface area contributed by atoms with Crippen molar-refractivity contribution in [1.82, 2.24) is 14.4 Å². The molecule has 0 unspecified atom stereocenters. The third-order valence-electron chi connectivity index (χ3n) is 10.4. The lowest BCUT2D eigenvalue weighted by atomic mass is 9.90. The number of carboxylic acids is 1. The van der Waals surface area contributed by atoms with Crippen molar-refractivity contribution in [2.24, 2.45) is 7.05 Å². The van der Waals surface area contributed by atoms with Gasteiger partial charge in [0.2, 0.25) is 0 Å². The van der Waals surface area contributed by atoms with Crippen LogP contribution in [0.3, 0.4) is 0 Å². The number of hydrogen-bond donors (Lipinski definition) is 1. The third kappa shape index (κ3) is 6.43. The van der Waals surface area contributed by atoms with Crippen molar-refractivity contribution in [2.75, 3.05) is 18.5 Å². The van der Waals surface area contributed by atoms with E-state index >= 15 is 0 Å². The Bertz CT molecular complexity index is 2210. The Balaban J connectivity index is 1.25. The predicted octanol–water partition coefficient (Wildman–Crippen LogP) is 7.12. The predicted molar refractivity (Wildman–Crippen MR) is 198 cm³/mol. The van der Waals surface area contributed by atoms with Crippen molar-refractivity contribution >= 4 is 29.6 Å². The maximum absolute atomic E-state index is 14.8. The minimum atomic E-state index is -1.06. The Morgan fingerprint density at radius 1 is 0.808 bits per heavy atom. The molecule has 0 bridgehead atoms. The number of aromatic carboxylic acids is 1. The van der Waals surface area contributed by atoms with Crippen LogP contribution in [0.2, 0.25) is 0 Å². The van der Waals surface area contributed by atoms with Gasteiger partial charge >= 0.3 is 12.1 Å². The molecular formula is C42H40N4O6. The van der Waals surface area contributed by atoms with Crippen LogP contribution in [0.15, 0.2) is 97.1 Å². The standard InChI is InChI=1S/C42H40N4O6/c1-26-20-29-10-8-9-11-31(29)25-46(26)40(48)37-22-32-24-45(42(51)52-34-16-14-28(15-17-34)41(49)50)19-18-30(32)21-36(37)38-23-35(27(2)43(38)3)39(47)44(4)33-12-6-5-7-13-33/h5-17,21-23,26H,18-20,24-25H2,1-4H3,(H,49,50)/t26-/m1/s1. The van der Waals surface area contributed by atoms with Crippen molar-refractivity contribution in [2.45, 2.75) is 45.8 Å². The summed E-state index contributed by atoms with van der Waals surface area (Å²) in [4.78, 5) is 58.3. The van der Waals surface area contributed by atoms with Crippen molar-refractivity contribution in [3.63, 3.8) is 0 Å². The van der Waals surface area contributed by atoms with E-state index in [9.17, 15) is 24.3 Å². The molecule has 1 atom stereocenters. The van der Waals surface area contributed by atoms with E-state index in [1.165, 1.54) is 29.8 Å². The monoisotopic (exact) mass is 696 g/mol. The molecule has 2 aliphatic heterocycles. The van der Waals surface area contributed by atoms with Gasteiger partial charge in [0.15, 0.2) is 0 Å². The Labute approximate surface area is 302 Å². The van der Waals surface area contributed by atoms with E-state index in [1.807, 2.05) is 84.1 Å². The summed E-state index contributed by atoms with van der Waals surface area (Å²) in [5.74, 6) is -1.09. The van der Waals surface area contributed by atoms with Crippen LogP contribution in [0.1, 0.15) is 65.9 Å². The lowest BCUT2D eigenvalue weighted by molar-refractivity contribution is 0.0656. The number of nitrogens with zero attached hydrogens (tertiary/aromatic N) is 4. The molecule has 1 N–H and O–H groups in total. The van der Waals surface area contributed by atoms with E-state index in [-0.39, 0.29) is 35.7 Å². The first-order chi connectivity index (χ1) is 25.0. The normalized spacial score (nSPS) is 15.0. The molecule has 10 heteroatoms. The van der Waals surface area contributed by atoms with Crippen molar-refractivity contribution in [3.8, 4) is 17.0 Å². The highest BCUT2D eigenvalue weighted by molar-refractivity contribution is 6.08. The Morgan fingerprint density at radius 2 is 1.50 bits per heavy atom. The van der Waals surface area contributed by atoms with E-state index in [2.05, 4.69) is 19.1 Å². The fourth-order valence-corrected chi connectivity index (χ4v) is 7.21. The smallest absolute Gasteiger partial charge is 0.415 e. The van der Waals surface area contributed by atoms with Gasteiger partial charge in [-0.2, -0.15) is 0 Å². The maximum atomic E-state index is 14.8. The third-order valence-corrected chi connectivity index (χ3v) is 10.4. The summed E-state index contributed by atoms with van der Waals surface area (Å²) < 4.78 is 7.58. The number of anilines is 1. The minimum Gasteiger partial charge on any atom is -0.478 e. The summed E-state index contributed by atoms with van der Waals surface area (Å²) in [7, 11) is 3.67. The molecule has 0 fully saturated rings. The molecule has 7 rings (SSSR count). The van der Waals surface area contributed by atoms with Crippen LogP contribution < -0.4 is 9.64 Å². The number of benzene rings is 4. The molecule has 264 valence electrons. The molecule has 3 heterocycles. The van der Waals surface area contributed by atoms with E-state index in [0.717, 1.165) is 45.7 Å². The van der Waals surface area contributed by atoms with E-state index in [1.54, 1.807) is 16.8 Å². The topological polar surface area (TPSA) is 112 Å². The highest BCUT2D eigenvalue weighted by atomic mass is 16.6. The zero-order chi connectivity index (χ0) is 36.7. The number of carbonyl (C=O) groups is 4. The summed E-state index contributed by atoms with van der Waals surface area (Å²) in [5.41, 5.74) is 8.39. The van der Waals surface area contributed by atoms with Crippen LogP contribution in [0.25, 0.3) is 11.3 Å². The molecular weight excluding hydrogens is 656 g/mol. The van der Waals surface area contributed by atoms with Gasteiger partial charge in [0.05, 0.1) is 11.1 Å². The first-order valence-corrected chi connectivity index (χ1v) is 17.3. The number of ether oxygens (including phenoxy) is 1. The van der Waals surface area contributed by atoms with Crippen LogP contribution in [0.5, 0.6) is 5.75 Å². The Hall–Kier alpha value is -6.16. The number of carboxylic acid groups (broad SMARTS) is 1. The molecule has 52 heavy (non-hydrogen) atoms. The lowest BCUT2D eigenvalue weighted by Crippen LogP contribution is -2.43. The second-order valence-electron chi connectivity index (χ2n) is 13.6. The van der Waals surface area contributed by atoms with Crippen molar-refractivity contribution in [1.29, 1.82) is 0 Å². The summed E-state index contributed by atoms with van der Waals surface area (Å²) in [6, 6.07) is 29.2. The van der Waals surface area contributed by atoms with E-state index < -0.39 is 12.1 Å². The molecule has 2 aliphatic rings. The summed E-state index contributed by atoms with van der Waals surface area (Å²) in [5, 5.41) is 9.21. The number of amides is 3. The van der Waals surface area contributed by atoms with Gasteiger partial charge in [-0.25, -0.2) is 9.59 Å². The molecule has 0 spiro atoms. The average molecular weight is 697 g/mol. The van der Waals surface area contributed by atoms with Gasteiger partial charge in [0.25, 0.3) is 11.8 Å². The lowest BCUT2D eigenvalue weighted by Gasteiger charge is -2.36. The molecule has 3 amide bonds. The van der Waals surface area contributed by atoms with Gasteiger partial charge in [0, 0.05) is 68.0 Å². The minimum absolute atomic E-state index is 0.0444. The Morgan fingerprint density at radius 3 is 2.21 bits per heavy atom. The van der Waals surface area contributed by atoms with E-state index in [4.69, 9.17) is 4.74 Å². The molecule has 0 aliphatic carbocycles. The zero-order valence-corrected chi connectivity index (χ0v) is 29.6. The number of para-hydroxylation sites is 1. The molecule has 5 aromatic rings. The van der Waals surface area contributed by atoms with Gasteiger partial charge in [0.1, 0.15) is 5.75 Å². The molecule has 0 saturated heterocycles. The second kappa shape index (κ2) is 13.9. The van der Waals surface area contributed by atoms with Gasteiger partial charge in [-0.3, -0.25) is 9.59 Å². The van der Waals surface area contributed by atoms with Gasteiger partial charge in [-0.05, 0) is 104 Å². The summed E-state index contributed by atoms with van der Waals surface area (Å²) in [6.45, 7) is 5.08. The molecule has 10 nitrogen and oxygen atoms in total. The highest BCUT2D eigenvalue weighted by Gasteiger charge is 2.32.